The predicted molar refractivity (Wildman–Crippen MR) is 129 cm³/mol. The van der Waals surface area contributed by atoms with Crippen LogP contribution in [0.1, 0.15) is 36.1 Å². The van der Waals surface area contributed by atoms with E-state index < -0.39 is 11.2 Å². The van der Waals surface area contributed by atoms with Crippen LogP contribution in [0.3, 0.4) is 0 Å². The Morgan fingerprint density at radius 3 is 0.871 bits per heavy atom. The second-order valence-corrected chi connectivity index (χ2v) is 8.39. The summed E-state index contributed by atoms with van der Waals surface area (Å²) in [4.78, 5) is 0. The van der Waals surface area contributed by atoms with Crippen molar-refractivity contribution in [2.24, 2.45) is 0 Å². The fourth-order valence-electron chi connectivity index (χ4n) is 3.78. The van der Waals surface area contributed by atoms with Gasteiger partial charge >= 0.3 is 0 Å². The maximum atomic E-state index is 6.55. The third-order valence-corrected chi connectivity index (χ3v) is 6.77. The van der Waals surface area contributed by atoms with Gasteiger partial charge in [0, 0.05) is 0 Å². The van der Waals surface area contributed by atoms with E-state index in [-0.39, 0.29) is 9.03 Å². The van der Waals surface area contributed by atoms with Gasteiger partial charge in [0.1, 0.15) is 11.2 Å². The number of rotatable bonds is 8. The molecular weight excluding hydrogens is 399 g/mol. The van der Waals surface area contributed by atoms with Crippen molar-refractivity contribution < 1.29 is 9.05 Å². The van der Waals surface area contributed by atoms with Crippen LogP contribution in [0.2, 0.25) is 0 Å². The zero-order chi connectivity index (χ0) is 21.6. The summed E-state index contributed by atoms with van der Waals surface area (Å²) < 4.78 is 13.1. The van der Waals surface area contributed by atoms with Gasteiger partial charge in [-0.05, 0) is 36.1 Å². The van der Waals surface area contributed by atoms with E-state index in [0.717, 1.165) is 22.3 Å². The third-order valence-electron chi connectivity index (χ3n) is 5.79. The lowest BCUT2D eigenvalue weighted by atomic mass is 9.88. The summed E-state index contributed by atoms with van der Waals surface area (Å²) in [5.74, 6) is 0. The van der Waals surface area contributed by atoms with Crippen molar-refractivity contribution in [3.63, 3.8) is 0 Å². The Morgan fingerprint density at radius 2 is 0.645 bits per heavy atom. The first kappa shape index (κ1) is 21.5. The van der Waals surface area contributed by atoms with Gasteiger partial charge in [0.2, 0.25) is 0 Å². The van der Waals surface area contributed by atoms with Crippen LogP contribution in [-0.2, 0) is 20.2 Å². The van der Waals surface area contributed by atoms with Crippen molar-refractivity contribution in [2.75, 3.05) is 0 Å². The van der Waals surface area contributed by atoms with Gasteiger partial charge < -0.3 is 9.05 Å². The van der Waals surface area contributed by atoms with Gasteiger partial charge in [-0.15, -0.1) is 0 Å². The first-order valence-electron chi connectivity index (χ1n) is 10.5. The summed E-state index contributed by atoms with van der Waals surface area (Å²) >= 11 is 0. The van der Waals surface area contributed by atoms with E-state index in [1.165, 1.54) is 0 Å². The molecule has 0 unspecified atom stereocenters. The lowest BCUT2D eigenvalue weighted by Gasteiger charge is -2.35. The highest BCUT2D eigenvalue weighted by molar-refractivity contribution is 7.26. The summed E-state index contributed by atoms with van der Waals surface area (Å²) in [6.45, 7) is 4.22. The molecule has 156 valence electrons. The van der Waals surface area contributed by atoms with Crippen molar-refractivity contribution in [3.05, 3.63) is 144 Å². The summed E-state index contributed by atoms with van der Waals surface area (Å²) in [6, 6.07) is 41.3. The van der Waals surface area contributed by atoms with Crippen LogP contribution in [0.4, 0.5) is 0 Å². The second kappa shape index (κ2) is 9.58. The number of benzene rings is 4. The van der Waals surface area contributed by atoms with Gasteiger partial charge in [-0.3, -0.25) is 0 Å². The van der Waals surface area contributed by atoms with Crippen molar-refractivity contribution in [1.29, 1.82) is 0 Å². The van der Waals surface area contributed by atoms with E-state index in [4.69, 9.17) is 9.05 Å². The summed E-state index contributed by atoms with van der Waals surface area (Å²) in [5, 5.41) is 0. The average molecular weight is 426 g/mol. The first-order valence-corrected chi connectivity index (χ1v) is 11.3. The minimum atomic E-state index is -0.616. The number of hydrogen-bond acceptors (Lipinski definition) is 2. The number of hydrogen-bond donors (Lipinski definition) is 0. The molecule has 0 spiro atoms. The highest BCUT2D eigenvalue weighted by Gasteiger charge is 2.34. The van der Waals surface area contributed by atoms with Crippen LogP contribution < -0.4 is 0 Å². The van der Waals surface area contributed by atoms with E-state index in [1.807, 2.05) is 72.8 Å². The van der Waals surface area contributed by atoms with Crippen molar-refractivity contribution in [1.82, 2.24) is 0 Å². The molecule has 0 heterocycles. The molecule has 4 aromatic rings. The van der Waals surface area contributed by atoms with Gasteiger partial charge in [0.05, 0.1) is 0 Å². The molecule has 4 rings (SSSR count). The zero-order valence-electron chi connectivity index (χ0n) is 17.9. The monoisotopic (exact) mass is 426 g/mol. The molecule has 0 saturated heterocycles. The normalized spacial score (nSPS) is 11.9. The average Bonchev–Trinajstić information content (AvgIpc) is 2.86. The molecule has 0 atom stereocenters. The molecule has 3 heteroatoms. The largest absolute Gasteiger partial charge is 0.320 e. The SMILES string of the molecule is CC(OPOC(C)(c1ccccc1)c1ccccc1)(c1ccccc1)c1ccccc1. The van der Waals surface area contributed by atoms with E-state index in [2.05, 4.69) is 62.4 Å². The molecule has 4 aromatic carbocycles. The van der Waals surface area contributed by atoms with E-state index in [0.29, 0.717) is 0 Å². The van der Waals surface area contributed by atoms with Crippen LogP contribution in [0.25, 0.3) is 0 Å². The van der Waals surface area contributed by atoms with Gasteiger partial charge in [-0.2, -0.15) is 0 Å². The molecule has 0 aliphatic rings. The molecule has 0 bridgehead atoms. The Balaban J connectivity index is 1.64. The van der Waals surface area contributed by atoms with Crippen molar-refractivity contribution >= 4 is 9.03 Å². The molecule has 0 aromatic heterocycles. The Hall–Kier alpha value is -2.77. The second-order valence-electron chi connectivity index (χ2n) is 7.82. The molecular formula is C28H27O2P. The maximum absolute atomic E-state index is 6.55. The van der Waals surface area contributed by atoms with Crippen LogP contribution in [-0.4, -0.2) is 0 Å². The predicted octanol–water partition coefficient (Wildman–Crippen LogP) is 7.46. The molecule has 0 N–H and O–H groups in total. The highest BCUT2D eigenvalue weighted by atomic mass is 31.1. The smallest absolute Gasteiger partial charge is 0.157 e. The van der Waals surface area contributed by atoms with Gasteiger partial charge in [-0.1, -0.05) is 121 Å². The minimum Gasteiger partial charge on any atom is -0.320 e. The first-order chi connectivity index (χ1) is 15.1. The minimum absolute atomic E-state index is 0.163. The summed E-state index contributed by atoms with van der Waals surface area (Å²) in [6.07, 6.45) is 0. The summed E-state index contributed by atoms with van der Waals surface area (Å²) in [5.41, 5.74) is 3.15. The van der Waals surface area contributed by atoms with E-state index in [1.54, 1.807) is 0 Å². The highest BCUT2D eigenvalue weighted by Crippen LogP contribution is 2.44. The Labute approximate surface area is 186 Å². The molecule has 0 saturated carbocycles. The van der Waals surface area contributed by atoms with Crippen LogP contribution in [0.15, 0.2) is 121 Å². The zero-order valence-corrected chi connectivity index (χ0v) is 18.9. The molecule has 2 nitrogen and oxygen atoms in total. The molecule has 0 radical (unpaired) electrons. The van der Waals surface area contributed by atoms with Crippen molar-refractivity contribution in [3.8, 4) is 0 Å². The van der Waals surface area contributed by atoms with E-state index in [9.17, 15) is 0 Å². The molecule has 31 heavy (non-hydrogen) atoms. The van der Waals surface area contributed by atoms with Crippen LogP contribution in [0, 0.1) is 0 Å². The summed E-state index contributed by atoms with van der Waals surface area (Å²) in [7, 11) is -0.163. The molecule has 0 aliphatic heterocycles. The lowest BCUT2D eigenvalue weighted by molar-refractivity contribution is 0.0846. The maximum Gasteiger partial charge on any atom is 0.157 e. The lowest BCUT2D eigenvalue weighted by Crippen LogP contribution is -2.27. The van der Waals surface area contributed by atoms with Crippen molar-refractivity contribution in [2.45, 2.75) is 25.0 Å². The fraction of sp³-hybridized carbons (Fsp3) is 0.143. The van der Waals surface area contributed by atoms with Gasteiger partial charge in [0.25, 0.3) is 0 Å². The van der Waals surface area contributed by atoms with E-state index >= 15 is 0 Å². The molecule has 0 aliphatic carbocycles. The van der Waals surface area contributed by atoms with Crippen LogP contribution in [0.5, 0.6) is 0 Å². The van der Waals surface area contributed by atoms with Gasteiger partial charge in [0.15, 0.2) is 9.03 Å². The standard InChI is InChI=1S/C28H27O2P/c1-27(23-15-7-3-8-16-23,24-17-9-4-10-18-24)29-31-30-28(2,25-19-11-5-12-20-25)26-21-13-6-14-22-26/h3-22,31H,1-2H3. The van der Waals surface area contributed by atoms with Crippen LogP contribution >= 0.6 is 9.03 Å². The third kappa shape index (κ3) is 4.62. The molecule has 0 amide bonds. The molecule has 0 fully saturated rings. The fourth-order valence-corrected chi connectivity index (χ4v) is 4.63. The Bertz CT molecular complexity index is 899. The Kier molecular flexibility index (Phi) is 6.63. The topological polar surface area (TPSA) is 18.5 Å². The quantitative estimate of drug-likeness (QED) is 0.272. The Morgan fingerprint density at radius 1 is 0.419 bits per heavy atom. The van der Waals surface area contributed by atoms with Gasteiger partial charge in [-0.25, -0.2) is 0 Å².